The molecular weight excluding hydrogens is 428 g/mol. The smallest absolute Gasteiger partial charge is 0.243 e. The fourth-order valence-electron chi connectivity index (χ4n) is 3.64. The predicted molar refractivity (Wildman–Crippen MR) is 124 cm³/mol. The molecule has 32 heavy (non-hydrogen) atoms. The number of aliphatic hydroxyl groups is 1. The molecule has 0 radical (unpaired) electrons. The van der Waals surface area contributed by atoms with E-state index < -0.39 is 10.0 Å². The molecule has 4 N–H and O–H groups in total. The Hall–Kier alpha value is -2.95. The zero-order chi connectivity index (χ0) is 22.4. The number of H-pyrrole nitrogens is 1. The second-order valence-electron chi connectivity index (χ2n) is 7.70. The molecule has 3 aromatic rings. The van der Waals surface area contributed by atoms with E-state index in [1.165, 1.54) is 10.4 Å². The van der Waals surface area contributed by atoms with Crippen LogP contribution in [-0.2, 0) is 10.0 Å². The Morgan fingerprint density at radius 2 is 1.75 bits per heavy atom. The maximum absolute atomic E-state index is 13.2. The van der Waals surface area contributed by atoms with E-state index in [4.69, 9.17) is 5.11 Å². The lowest BCUT2D eigenvalue weighted by molar-refractivity contribution is 0.292. The van der Waals surface area contributed by atoms with Crippen LogP contribution in [0.25, 0.3) is 11.3 Å². The summed E-state index contributed by atoms with van der Waals surface area (Å²) < 4.78 is 28.0. The van der Waals surface area contributed by atoms with Gasteiger partial charge in [0.1, 0.15) is 11.6 Å². The number of piperidine rings is 1. The Morgan fingerprint density at radius 3 is 2.50 bits per heavy atom. The zero-order valence-electron chi connectivity index (χ0n) is 17.8. The number of hydrogen-bond acceptors (Lipinski definition) is 7. The van der Waals surface area contributed by atoms with Gasteiger partial charge in [0, 0.05) is 44.4 Å². The minimum Gasteiger partial charge on any atom is -0.396 e. The summed E-state index contributed by atoms with van der Waals surface area (Å²) in [5, 5.41) is 22.5. The number of benzene rings is 1. The van der Waals surface area contributed by atoms with Crippen LogP contribution in [0.1, 0.15) is 25.7 Å². The van der Waals surface area contributed by atoms with Gasteiger partial charge in [0.25, 0.3) is 0 Å². The van der Waals surface area contributed by atoms with E-state index in [1.54, 1.807) is 6.07 Å². The second kappa shape index (κ2) is 10.1. The summed E-state index contributed by atoms with van der Waals surface area (Å²) in [4.78, 5) is 4.68. The molecule has 0 spiro atoms. The van der Waals surface area contributed by atoms with Crippen molar-refractivity contribution in [3.63, 3.8) is 0 Å². The number of anilines is 3. The van der Waals surface area contributed by atoms with Gasteiger partial charge >= 0.3 is 0 Å². The van der Waals surface area contributed by atoms with Crippen LogP contribution in [0, 0.1) is 0 Å². The van der Waals surface area contributed by atoms with Gasteiger partial charge in [-0.15, -0.1) is 0 Å². The van der Waals surface area contributed by atoms with Crippen LogP contribution in [0.5, 0.6) is 0 Å². The quantitative estimate of drug-likeness (QED) is 0.365. The third-order valence-electron chi connectivity index (χ3n) is 5.31. The number of pyridine rings is 1. The van der Waals surface area contributed by atoms with Crippen LogP contribution in [0.3, 0.4) is 0 Å². The molecule has 1 fully saturated rings. The topological polar surface area (TPSA) is 123 Å². The molecular formula is C22H28N6O3S. The van der Waals surface area contributed by atoms with Crippen LogP contribution < -0.4 is 10.6 Å². The van der Waals surface area contributed by atoms with Crippen LogP contribution in [0.2, 0.25) is 0 Å². The SMILES string of the molecule is O=S(=O)(c1cc(NCCCO)nc(Nc2cc(-c3ccccc3)[nH]n2)c1)N1CCCCC1. The first-order valence-electron chi connectivity index (χ1n) is 10.8. The largest absolute Gasteiger partial charge is 0.396 e. The highest BCUT2D eigenvalue weighted by Crippen LogP contribution is 2.27. The van der Waals surface area contributed by atoms with Crippen molar-refractivity contribution in [3.05, 3.63) is 48.5 Å². The monoisotopic (exact) mass is 456 g/mol. The van der Waals surface area contributed by atoms with Gasteiger partial charge in [-0.2, -0.15) is 9.40 Å². The van der Waals surface area contributed by atoms with Crippen molar-refractivity contribution < 1.29 is 13.5 Å². The Kier molecular flexibility index (Phi) is 7.03. The van der Waals surface area contributed by atoms with Gasteiger partial charge in [-0.05, 0) is 24.8 Å². The van der Waals surface area contributed by atoms with E-state index in [0.29, 0.717) is 43.5 Å². The molecule has 0 atom stereocenters. The van der Waals surface area contributed by atoms with Gasteiger partial charge in [-0.1, -0.05) is 36.8 Å². The molecule has 2 aromatic heterocycles. The normalized spacial score (nSPS) is 14.9. The van der Waals surface area contributed by atoms with E-state index in [1.807, 2.05) is 36.4 Å². The standard InChI is InChI=1S/C22H28N6O3S/c29-13-7-10-23-20-14-18(32(30,31)28-11-5-2-6-12-28)15-21(24-20)25-22-16-19(26-27-22)17-8-3-1-4-9-17/h1,3-4,8-9,14-16,29H,2,5-7,10-13H2,(H3,23,24,25,26,27). The Morgan fingerprint density at radius 1 is 1.00 bits per heavy atom. The molecule has 0 saturated carbocycles. The van der Waals surface area contributed by atoms with Crippen LogP contribution in [0.4, 0.5) is 17.5 Å². The van der Waals surface area contributed by atoms with E-state index >= 15 is 0 Å². The number of nitrogens with zero attached hydrogens (tertiary/aromatic N) is 3. The van der Waals surface area contributed by atoms with E-state index in [0.717, 1.165) is 30.5 Å². The molecule has 0 amide bonds. The summed E-state index contributed by atoms with van der Waals surface area (Å²) >= 11 is 0. The molecule has 3 heterocycles. The third kappa shape index (κ3) is 5.26. The molecule has 1 aliphatic heterocycles. The minimum absolute atomic E-state index is 0.0411. The van der Waals surface area contributed by atoms with Crippen molar-refractivity contribution in [1.82, 2.24) is 19.5 Å². The fourth-order valence-corrected chi connectivity index (χ4v) is 5.20. The van der Waals surface area contributed by atoms with Gasteiger partial charge in [-0.3, -0.25) is 5.10 Å². The Balaban J connectivity index is 1.61. The summed E-state index contributed by atoms with van der Waals surface area (Å²) in [6.07, 6.45) is 3.32. The molecule has 1 aliphatic rings. The molecule has 9 nitrogen and oxygen atoms in total. The van der Waals surface area contributed by atoms with E-state index in [9.17, 15) is 8.42 Å². The summed E-state index contributed by atoms with van der Waals surface area (Å²) in [5.74, 6) is 1.34. The van der Waals surface area contributed by atoms with Crippen molar-refractivity contribution in [2.75, 3.05) is 36.9 Å². The average molecular weight is 457 g/mol. The number of aromatic nitrogens is 3. The predicted octanol–water partition coefficient (Wildman–Crippen LogP) is 3.18. The number of sulfonamides is 1. The number of aromatic amines is 1. The molecule has 1 aromatic carbocycles. The molecule has 0 aliphatic carbocycles. The van der Waals surface area contributed by atoms with Crippen molar-refractivity contribution in [2.45, 2.75) is 30.6 Å². The number of hydrogen-bond donors (Lipinski definition) is 4. The molecule has 1 saturated heterocycles. The first-order valence-corrected chi connectivity index (χ1v) is 12.2. The second-order valence-corrected chi connectivity index (χ2v) is 9.64. The first kappa shape index (κ1) is 22.3. The van der Waals surface area contributed by atoms with Gasteiger partial charge in [0.15, 0.2) is 5.82 Å². The van der Waals surface area contributed by atoms with Gasteiger partial charge in [0.2, 0.25) is 10.0 Å². The third-order valence-corrected chi connectivity index (χ3v) is 7.19. The molecule has 10 heteroatoms. The highest BCUT2D eigenvalue weighted by atomic mass is 32.2. The van der Waals surface area contributed by atoms with E-state index in [2.05, 4.69) is 25.8 Å². The lowest BCUT2D eigenvalue weighted by atomic mass is 10.2. The number of rotatable bonds is 9. The van der Waals surface area contributed by atoms with Crippen molar-refractivity contribution in [3.8, 4) is 11.3 Å². The maximum Gasteiger partial charge on any atom is 0.243 e. The van der Waals surface area contributed by atoms with Gasteiger partial charge in [0.05, 0.1) is 10.6 Å². The highest BCUT2D eigenvalue weighted by Gasteiger charge is 2.27. The molecule has 0 bridgehead atoms. The lowest BCUT2D eigenvalue weighted by Crippen LogP contribution is -2.35. The highest BCUT2D eigenvalue weighted by molar-refractivity contribution is 7.89. The first-order chi connectivity index (χ1) is 15.6. The van der Waals surface area contributed by atoms with Crippen molar-refractivity contribution in [2.24, 2.45) is 0 Å². The summed E-state index contributed by atoms with van der Waals surface area (Å²) in [6, 6.07) is 14.7. The molecule has 0 unspecified atom stereocenters. The van der Waals surface area contributed by atoms with Crippen LogP contribution in [0.15, 0.2) is 53.4 Å². The van der Waals surface area contributed by atoms with Crippen LogP contribution in [-0.4, -0.2) is 59.3 Å². The maximum atomic E-state index is 13.2. The summed E-state index contributed by atoms with van der Waals surface area (Å²) in [5.41, 5.74) is 1.83. The minimum atomic E-state index is -3.63. The fraction of sp³-hybridized carbons (Fsp3) is 0.364. The van der Waals surface area contributed by atoms with Crippen molar-refractivity contribution >= 4 is 27.5 Å². The number of aliphatic hydroxyl groups excluding tert-OH is 1. The molecule has 170 valence electrons. The van der Waals surface area contributed by atoms with Crippen LogP contribution >= 0.6 is 0 Å². The van der Waals surface area contributed by atoms with E-state index in [-0.39, 0.29) is 11.5 Å². The van der Waals surface area contributed by atoms with Gasteiger partial charge in [-0.25, -0.2) is 13.4 Å². The van der Waals surface area contributed by atoms with Gasteiger partial charge < -0.3 is 15.7 Å². The van der Waals surface area contributed by atoms with Crippen molar-refractivity contribution in [1.29, 1.82) is 0 Å². The molecule has 4 rings (SSSR count). The average Bonchev–Trinajstić information content (AvgIpc) is 3.29. The Bertz CT molecular complexity index is 1130. The summed E-state index contributed by atoms with van der Waals surface area (Å²) in [6.45, 7) is 1.58. The summed E-state index contributed by atoms with van der Waals surface area (Å²) in [7, 11) is -3.63. The number of nitrogens with one attached hydrogen (secondary N) is 3. The zero-order valence-corrected chi connectivity index (χ0v) is 18.6. The lowest BCUT2D eigenvalue weighted by Gasteiger charge is -2.26. The Labute approximate surface area is 187 Å².